The number of nitrogens with zero attached hydrogens (tertiary/aromatic N) is 3. The van der Waals surface area contributed by atoms with Crippen molar-refractivity contribution in [2.75, 3.05) is 11.9 Å². The van der Waals surface area contributed by atoms with Crippen molar-refractivity contribution in [3.05, 3.63) is 48.2 Å². The molecule has 1 N–H and O–H groups in total. The van der Waals surface area contributed by atoms with Crippen LogP contribution in [0.5, 0.6) is 0 Å². The molecule has 0 bridgehead atoms. The molecule has 0 saturated carbocycles. The first-order chi connectivity index (χ1) is 11.1. The van der Waals surface area contributed by atoms with E-state index >= 15 is 0 Å². The highest BCUT2D eigenvalue weighted by Crippen LogP contribution is 2.31. The van der Waals surface area contributed by atoms with E-state index in [2.05, 4.69) is 23.4 Å². The van der Waals surface area contributed by atoms with Crippen LogP contribution in [-0.2, 0) is 7.05 Å². The molecule has 5 nitrogen and oxygen atoms in total. The molecule has 1 aromatic carbocycles. The van der Waals surface area contributed by atoms with Crippen LogP contribution in [0.25, 0.3) is 11.1 Å². The number of nitrogens with one attached hydrogen (secondary N) is 1. The quantitative estimate of drug-likeness (QED) is 0.881. The molecule has 1 unspecified atom stereocenters. The number of benzene rings is 1. The van der Waals surface area contributed by atoms with Crippen LogP contribution in [0.15, 0.2) is 42.5 Å². The van der Waals surface area contributed by atoms with E-state index in [1.807, 2.05) is 55.3 Å². The summed E-state index contributed by atoms with van der Waals surface area (Å²) in [6.45, 7) is 4.70. The normalized spacial score (nSPS) is 16.8. The monoisotopic (exact) mass is 310 g/mol. The summed E-state index contributed by atoms with van der Waals surface area (Å²) in [6.07, 6.45) is 5.05. The van der Waals surface area contributed by atoms with Gasteiger partial charge in [-0.2, -0.15) is 5.10 Å². The fourth-order valence-electron chi connectivity index (χ4n) is 3.09. The Bertz CT molecular complexity index is 733. The number of aromatic nitrogens is 2. The van der Waals surface area contributed by atoms with E-state index < -0.39 is 0 Å². The number of anilines is 1. The van der Waals surface area contributed by atoms with Gasteiger partial charge in [0.05, 0.1) is 11.7 Å². The number of carbonyl (C=O) groups excluding carboxylic acids is 1. The van der Waals surface area contributed by atoms with E-state index in [4.69, 9.17) is 0 Å². The zero-order valence-corrected chi connectivity index (χ0v) is 13.8. The van der Waals surface area contributed by atoms with Crippen LogP contribution in [0.3, 0.4) is 0 Å². The van der Waals surface area contributed by atoms with Crippen molar-refractivity contribution in [3.8, 4) is 11.1 Å². The summed E-state index contributed by atoms with van der Waals surface area (Å²) in [5, 5.41) is 7.53. The Morgan fingerprint density at radius 3 is 2.78 bits per heavy atom. The van der Waals surface area contributed by atoms with Gasteiger partial charge >= 0.3 is 6.03 Å². The average molecular weight is 310 g/mol. The van der Waals surface area contributed by atoms with Crippen molar-refractivity contribution in [2.24, 2.45) is 7.05 Å². The number of aryl methyl sites for hydroxylation is 2. The number of rotatable bonds is 3. The topological polar surface area (TPSA) is 50.2 Å². The van der Waals surface area contributed by atoms with Crippen molar-refractivity contribution < 1.29 is 4.79 Å². The van der Waals surface area contributed by atoms with Crippen molar-refractivity contribution in [3.63, 3.8) is 0 Å². The molecule has 5 heteroatoms. The van der Waals surface area contributed by atoms with Gasteiger partial charge in [0.15, 0.2) is 0 Å². The molecule has 3 rings (SSSR count). The van der Waals surface area contributed by atoms with E-state index in [-0.39, 0.29) is 12.1 Å². The van der Waals surface area contributed by atoms with Crippen molar-refractivity contribution >= 4 is 11.8 Å². The number of hydrogen-bond acceptors (Lipinski definition) is 2. The number of hydrogen-bond donors (Lipinski definition) is 1. The Morgan fingerprint density at radius 2 is 2.09 bits per heavy atom. The zero-order chi connectivity index (χ0) is 16.4. The van der Waals surface area contributed by atoms with E-state index in [1.165, 1.54) is 0 Å². The highest BCUT2D eigenvalue weighted by molar-refractivity contribution is 5.94. The first-order valence-electron chi connectivity index (χ1n) is 7.95. The third-order valence-corrected chi connectivity index (χ3v) is 4.25. The maximum absolute atomic E-state index is 12.7. The lowest BCUT2D eigenvalue weighted by Gasteiger charge is -2.24. The van der Waals surface area contributed by atoms with Crippen LogP contribution in [0, 0.1) is 6.92 Å². The predicted molar refractivity (Wildman–Crippen MR) is 92.3 cm³/mol. The van der Waals surface area contributed by atoms with Crippen LogP contribution >= 0.6 is 0 Å². The van der Waals surface area contributed by atoms with Gasteiger partial charge in [-0.25, -0.2) is 4.79 Å². The van der Waals surface area contributed by atoms with Crippen LogP contribution in [0.1, 0.15) is 19.0 Å². The fraction of sp³-hybridized carbons (Fsp3) is 0.333. The number of carbonyl (C=O) groups is 1. The van der Waals surface area contributed by atoms with Gasteiger partial charge in [0, 0.05) is 19.2 Å². The molecule has 2 amide bonds. The molecule has 1 aliphatic rings. The predicted octanol–water partition coefficient (Wildman–Crippen LogP) is 3.58. The van der Waals surface area contributed by atoms with Gasteiger partial charge in [0.2, 0.25) is 0 Å². The maximum Gasteiger partial charge on any atom is 0.323 e. The molecule has 23 heavy (non-hydrogen) atoms. The standard InChI is InChI=1S/C18H22N4O/c1-4-15-11-8-12-22(15)18(23)19-17-16(13(2)20-21(17)3)14-9-6-5-7-10-14/h5-11,15H,4,12H2,1-3H3,(H,19,23). The van der Waals surface area contributed by atoms with Crippen LogP contribution in [0.4, 0.5) is 10.6 Å². The van der Waals surface area contributed by atoms with E-state index in [9.17, 15) is 4.79 Å². The van der Waals surface area contributed by atoms with E-state index in [0.29, 0.717) is 6.54 Å². The molecule has 120 valence electrons. The highest BCUT2D eigenvalue weighted by atomic mass is 16.2. The van der Waals surface area contributed by atoms with Gasteiger partial charge in [-0.1, -0.05) is 49.4 Å². The van der Waals surface area contributed by atoms with Gasteiger partial charge in [-0.3, -0.25) is 10.00 Å². The second kappa shape index (κ2) is 6.28. The lowest BCUT2D eigenvalue weighted by molar-refractivity contribution is 0.209. The molecule has 0 fully saturated rings. The SMILES string of the molecule is CCC1C=CCN1C(=O)Nc1c(-c2ccccc2)c(C)nn1C. The van der Waals surface area contributed by atoms with Crippen molar-refractivity contribution in [1.82, 2.24) is 14.7 Å². The zero-order valence-electron chi connectivity index (χ0n) is 13.8. The van der Waals surface area contributed by atoms with E-state index in [0.717, 1.165) is 29.1 Å². The molecule has 1 aliphatic heterocycles. The molecule has 2 heterocycles. The van der Waals surface area contributed by atoms with Crippen molar-refractivity contribution in [1.29, 1.82) is 0 Å². The number of amides is 2. The fourth-order valence-corrected chi connectivity index (χ4v) is 3.09. The summed E-state index contributed by atoms with van der Waals surface area (Å²) >= 11 is 0. The molecule has 0 aliphatic carbocycles. The second-order valence-electron chi connectivity index (χ2n) is 5.78. The third-order valence-electron chi connectivity index (χ3n) is 4.25. The highest BCUT2D eigenvalue weighted by Gasteiger charge is 2.25. The van der Waals surface area contributed by atoms with E-state index in [1.54, 1.807) is 4.68 Å². The minimum atomic E-state index is -0.0815. The molecule has 1 atom stereocenters. The molecular formula is C18H22N4O. The smallest absolute Gasteiger partial charge is 0.314 e. The third kappa shape index (κ3) is 2.86. The van der Waals surface area contributed by atoms with Gasteiger partial charge < -0.3 is 4.90 Å². The minimum absolute atomic E-state index is 0.0815. The summed E-state index contributed by atoms with van der Waals surface area (Å²) in [5.41, 5.74) is 2.93. The van der Waals surface area contributed by atoms with Crippen molar-refractivity contribution in [2.45, 2.75) is 26.3 Å². The Hall–Kier alpha value is -2.56. The first kappa shape index (κ1) is 15.3. The second-order valence-corrected chi connectivity index (χ2v) is 5.78. The van der Waals surface area contributed by atoms with Gasteiger partial charge in [0.25, 0.3) is 0 Å². The summed E-state index contributed by atoms with van der Waals surface area (Å²) < 4.78 is 1.74. The Morgan fingerprint density at radius 1 is 1.35 bits per heavy atom. The molecule has 0 radical (unpaired) electrons. The minimum Gasteiger partial charge on any atom is -0.314 e. The van der Waals surface area contributed by atoms with Crippen LogP contribution in [-0.4, -0.2) is 33.3 Å². The maximum atomic E-state index is 12.7. The van der Waals surface area contributed by atoms with Crippen LogP contribution < -0.4 is 5.32 Å². The molecule has 0 saturated heterocycles. The summed E-state index contributed by atoms with van der Waals surface area (Å²) in [5.74, 6) is 0.737. The lowest BCUT2D eigenvalue weighted by Crippen LogP contribution is -2.39. The Kier molecular flexibility index (Phi) is 4.19. The summed E-state index contributed by atoms with van der Waals surface area (Å²) in [7, 11) is 1.86. The summed E-state index contributed by atoms with van der Waals surface area (Å²) in [4.78, 5) is 14.5. The Labute approximate surface area is 136 Å². The van der Waals surface area contributed by atoms with Gasteiger partial charge in [-0.15, -0.1) is 0 Å². The average Bonchev–Trinajstić information content (AvgIpc) is 3.13. The molecule has 1 aromatic heterocycles. The lowest BCUT2D eigenvalue weighted by atomic mass is 10.1. The Balaban J connectivity index is 1.90. The van der Waals surface area contributed by atoms with Gasteiger partial charge in [0.1, 0.15) is 5.82 Å². The van der Waals surface area contributed by atoms with Gasteiger partial charge in [-0.05, 0) is 18.9 Å². The largest absolute Gasteiger partial charge is 0.323 e. The summed E-state index contributed by atoms with van der Waals surface area (Å²) in [6, 6.07) is 10.1. The first-order valence-corrected chi connectivity index (χ1v) is 7.95. The molecular weight excluding hydrogens is 288 g/mol. The molecule has 0 spiro atoms. The molecule has 2 aromatic rings. The number of urea groups is 1. The van der Waals surface area contributed by atoms with Crippen LogP contribution in [0.2, 0.25) is 0 Å².